The van der Waals surface area contributed by atoms with Crippen LogP contribution in [0.1, 0.15) is 5.56 Å². The molecule has 0 aliphatic heterocycles. The number of pyridine rings is 1. The number of hydrogen-bond acceptors (Lipinski definition) is 4. The van der Waals surface area contributed by atoms with Crippen LogP contribution in [0.4, 0.5) is 10.1 Å². The average molecular weight is 484 g/mol. The molecule has 0 bridgehead atoms. The van der Waals surface area contributed by atoms with E-state index in [1.807, 2.05) is 6.07 Å². The van der Waals surface area contributed by atoms with Crippen molar-refractivity contribution in [2.45, 2.75) is 17.4 Å². The van der Waals surface area contributed by atoms with Crippen LogP contribution < -0.4 is 10.0 Å². The highest BCUT2D eigenvalue weighted by Crippen LogP contribution is 2.22. The molecule has 4 rings (SSSR count). The van der Waals surface area contributed by atoms with Crippen LogP contribution in [0, 0.1) is 5.82 Å². The topological polar surface area (TPSA) is 88.2 Å². The molecule has 2 N–H and O–H groups in total. The summed E-state index contributed by atoms with van der Waals surface area (Å²) in [6, 6.07) is 19.8. The van der Waals surface area contributed by atoms with Crippen molar-refractivity contribution >= 4 is 44.1 Å². The maximum atomic E-state index is 14.2. The van der Waals surface area contributed by atoms with Crippen molar-refractivity contribution in [1.29, 1.82) is 0 Å². The third kappa shape index (κ3) is 5.36. The summed E-state index contributed by atoms with van der Waals surface area (Å²) < 4.78 is 43.3. The van der Waals surface area contributed by atoms with Gasteiger partial charge in [-0.3, -0.25) is 9.78 Å². The number of fused-ring (bicyclic) bond motifs is 1. The first-order valence-corrected chi connectivity index (χ1v) is 11.9. The lowest BCUT2D eigenvalue weighted by molar-refractivity contribution is -0.117. The van der Waals surface area contributed by atoms with Gasteiger partial charge >= 0.3 is 0 Å². The van der Waals surface area contributed by atoms with Gasteiger partial charge < -0.3 is 5.32 Å². The number of nitrogens with one attached hydrogen (secondary N) is 2. The van der Waals surface area contributed by atoms with Gasteiger partial charge in [0.2, 0.25) is 15.9 Å². The van der Waals surface area contributed by atoms with Crippen LogP contribution in [0.5, 0.6) is 0 Å². The van der Waals surface area contributed by atoms with Gasteiger partial charge in [-0.05, 0) is 42.3 Å². The lowest BCUT2D eigenvalue weighted by Crippen LogP contribution is -2.45. The molecule has 0 spiro atoms. The van der Waals surface area contributed by atoms with Crippen molar-refractivity contribution in [1.82, 2.24) is 9.71 Å². The summed E-state index contributed by atoms with van der Waals surface area (Å²) in [4.78, 5) is 17.2. The number of aromatic nitrogens is 1. The molecule has 168 valence electrons. The Bertz CT molecular complexity index is 1410. The molecule has 3 aromatic carbocycles. The molecule has 4 aromatic rings. The second-order valence-electron chi connectivity index (χ2n) is 7.31. The Labute approximate surface area is 195 Å². The lowest BCUT2D eigenvalue weighted by Gasteiger charge is -2.19. The molecule has 0 radical (unpaired) electrons. The number of nitrogens with zero attached hydrogens (tertiary/aromatic N) is 1. The molecule has 0 aliphatic rings. The monoisotopic (exact) mass is 483 g/mol. The minimum absolute atomic E-state index is 0.0517. The second-order valence-corrected chi connectivity index (χ2v) is 9.43. The molecule has 0 saturated carbocycles. The van der Waals surface area contributed by atoms with E-state index >= 15 is 0 Å². The van der Waals surface area contributed by atoms with Gasteiger partial charge in [0, 0.05) is 16.6 Å². The van der Waals surface area contributed by atoms with E-state index in [-0.39, 0.29) is 27.5 Å². The third-order valence-electron chi connectivity index (χ3n) is 4.97. The van der Waals surface area contributed by atoms with Crippen molar-refractivity contribution in [3.63, 3.8) is 0 Å². The van der Waals surface area contributed by atoms with Crippen LogP contribution in [0.3, 0.4) is 0 Å². The van der Waals surface area contributed by atoms with Crippen LogP contribution >= 0.6 is 11.6 Å². The van der Waals surface area contributed by atoms with Crippen molar-refractivity contribution in [2.75, 3.05) is 5.32 Å². The zero-order chi connectivity index (χ0) is 23.4. The Morgan fingerprint density at radius 1 is 1.00 bits per heavy atom. The van der Waals surface area contributed by atoms with Gasteiger partial charge in [-0.15, -0.1) is 0 Å². The Morgan fingerprint density at radius 3 is 2.52 bits per heavy atom. The minimum Gasteiger partial charge on any atom is -0.322 e. The fourth-order valence-corrected chi connectivity index (χ4v) is 4.93. The molecule has 33 heavy (non-hydrogen) atoms. The molecule has 0 saturated heterocycles. The largest absolute Gasteiger partial charge is 0.322 e. The summed E-state index contributed by atoms with van der Waals surface area (Å²) in [5.41, 5.74) is 0.913. The summed E-state index contributed by atoms with van der Waals surface area (Å²) in [5.74, 6) is -1.44. The molecule has 1 heterocycles. The smallest absolute Gasteiger partial charge is 0.243 e. The average Bonchev–Trinajstić information content (AvgIpc) is 2.80. The Hall–Kier alpha value is -3.33. The minimum atomic E-state index is -4.15. The van der Waals surface area contributed by atoms with Crippen LogP contribution in [0.2, 0.25) is 5.02 Å². The number of carbonyl (C=O) groups excluding carboxylic acids is 1. The number of para-hydroxylation sites is 1. The van der Waals surface area contributed by atoms with Crippen LogP contribution in [-0.4, -0.2) is 25.4 Å². The standard InChI is InChI=1S/C24H19ClFN3O3S/c25-18-11-12-20(19(26)15-18)28-24(30)21(14-16-6-2-1-3-7-16)29-33(31,32)22-10-4-8-17-9-5-13-27-23(17)22/h1-13,15,21,29H,14H2,(H,28,30)/t21-/m0/s1. The van der Waals surface area contributed by atoms with E-state index in [1.54, 1.807) is 48.5 Å². The number of carbonyl (C=O) groups is 1. The fourth-order valence-electron chi connectivity index (χ4n) is 3.39. The third-order valence-corrected chi connectivity index (χ3v) is 6.71. The highest BCUT2D eigenvalue weighted by atomic mass is 35.5. The number of rotatable bonds is 7. The molecule has 0 aliphatic carbocycles. The van der Waals surface area contributed by atoms with Gasteiger partial charge in [-0.2, -0.15) is 4.72 Å². The normalized spacial score (nSPS) is 12.4. The summed E-state index contributed by atoms with van der Waals surface area (Å²) in [7, 11) is -4.15. The van der Waals surface area contributed by atoms with Crippen LogP contribution in [0.25, 0.3) is 10.9 Å². The molecule has 0 fully saturated rings. The molecule has 1 amide bonds. The highest BCUT2D eigenvalue weighted by molar-refractivity contribution is 7.89. The summed E-state index contributed by atoms with van der Waals surface area (Å²) in [6.45, 7) is 0. The Morgan fingerprint density at radius 2 is 1.76 bits per heavy atom. The molecular formula is C24H19ClFN3O3S. The van der Waals surface area contributed by atoms with Gasteiger partial charge in [0.1, 0.15) is 16.8 Å². The first kappa shape index (κ1) is 22.8. The van der Waals surface area contributed by atoms with Gasteiger partial charge in [0.05, 0.1) is 11.2 Å². The number of anilines is 1. The highest BCUT2D eigenvalue weighted by Gasteiger charge is 2.28. The van der Waals surface area contributed by atoms with Gasteiger partial charge in [-0.25, -0.2) is 12.8 Å². The SMILES string of the molecule is O=C(Nc1ccc(Cl)cc1F)[C@H](Cc1ccccc1)NS(=O)(=O)c1cccc2cccnc12. The van der Waals surface area contributed by atoms with Gasteiger partial charge in [-0.1, -0.05) is 60.1 Å². The van der Waals surface area contributed by atoms with E-state index in [1.165, 1.54) is 24.4 Å². The molecule has 1 atom stereocenters. The van der Waals surface area contributed by atoms with E-state index < -0.39 is 27.8 Å². The van der Waals surface area contributed by atoms with Crippen LogP contribution in [-0.2, 0) is 21.2 Å². The van der Waals surface area contributed by atoms with Crippen molar-refractivity contribution < 1.29 is 17.6 Å². The second kappa shape index (κ2) is 9.66. The van der Waals surface area contributed by atoms with Crippen molar-refractivity contribution in [2.24, 2.45) is 0 Å². The molecule has 9 heteroatoms. The maximum absolute atomic E-state index is 14.2. The van der Waals surface area contributed by atoms with E-state index in [0.29, 0.717) is 5.39 Å². The first-order chi connectivity index (χ1) is 15.8. The first-order valence-electron chi connectivity index (χ1n) is 9.99. The number of sulfonamides is 1. The van der Waals surface area contributed by atoms with Crippen molar-refractivity contribution in [3.05, 3.63) is 101 Å². The molecular weight excluding hydrogens is 465 g/mol. The number of halogens is 2. The molecule has 1 aromatic heterocycles. The zero-order valence-corrected chi connectivity index (χ0v) is 18.8. The fraction of sp³-hybridized carbons (Fsp3) is 0.0833. The molecule has 6 nitrogen and oxygen atoms in total. The quantitative estimate of drug-likeness (QED) is 0.403. The van der Waals surface area contributed by atoms with E-state index in [2.05, 4.69) is 15.0 Å². The zero-order valence-electron chi connectivity index (χ0n) is 17.2. The number of amides is 1. The Balaban J connectivity index is 1.67. The maximum Gasteiger partial charge on any atom is 0.243 e. The van der Waals surface area contributed by atoms with E-state index in [4.69, 9.17) is 11.6 Å². The molecule has 0 unspecified atom stereocenters. The number of hydrogen-bond donors (Lipinski definition) is 2. The van der Waals surface area contributed by atoms with Gasteiger partial charge in [0.25, 0.3) is 0 Å². The van der Waals surface area contributed by atoms with Crippen molar-refractivity contribution in [3.8, 4) is 0 Å². The predicted octanol–water partition coefficient (Wildman–Crippen LogP) is 4.56. The summed E-state index contributed by atoms with van der Waals surface area (Å²) >= 11 is 5.78. The summed E-state index contributed by atoms with van der Waals surface area (Å²) in [6.07, 6.45) is 1.55. The Kier molecular flexibility index (Phi) is 6.69. The van der Waals surface area contributed by atoms with Gasteiger partial charge in [0.15, 0.2) is 0 Å². The van der Waals surface area contributed by atoms with E-state index in [9.17, 15) is 17.6 Å². The van der Waals surface area contributed by atoms with E-state index in [0.717, 1.165) is 11.6 Å². The predicted molar refractivity (Wildman–Crippen MR) is 126 cm³/mol. The summed E-state index contributed by atoms with van der Waals surface area (Å²) in [5, 5.41) is 3.28. The van der Waals surface area contributed by atoms with Crippen LogP contribution in [0.15, 0.2) is 90.0 Å². The number of benzene rings is 3. The lowest BCUT2D eigenvalue weighted by atomic mass is 10.1.